The number of phenolic OH excluding ortho intramolecular Hbond substituents is 2. The van der Waals surface area contributed by atoms with E-state index in [1.807, 2.05) is 12.1 Å². The van der Waals surface area contributed by atoms with Crippen LogP contribution in [0.15, 0.2) is 36.4 Å². The highest BCUT2D eigenvalue weighted by Crippen LogP contribution is 2.27. The third-order valence-electron chi connectivity index (χ3n) is 8.06. The van der Waals surface area contributed by atoms with Crippen LogP contribution >= 0.6 is 15.9 Å². The Balaban J connectivity index is 0. The van der Waals surface area contributed by atoms with E-state index in [1.54, 1.807) is 6.07 Å². The molecule has 2 aromatic carbocycles. The van der Waals surface area contributed by atoms with Crippen molar-refractivity contribution in [2.75, 3.05) is 18.5 Å². The van der Waals surface area contributed by atoms with Gasteiger partial charge in [-0.3, -0.25) is 9.59 Å². The van der Waals surface area contributed by atoms with Crippen LogP contribution in [0.1, 0.15) is 147 Å². The minimum absolute atomic E-state index is 0. The van der Waals surface area contributed by atoms with Gasteiger partial charge in [-0.05, 0) is 61.3 Å². The first-order valence-corrected chi connectivity index (χ1v) is 18.3. The van der Waals surface area contributed by atoms with Gasteiger partial charge in [0, 0.05) is 17.5 Å². The monoisotopic (exact) mass is 708 g/mol. The molecule has 0 aliphatic rings. The number of ether oxygens (including phenoxy) is 2. The average molecular weight is 710 g/mol. The Hall–Kier alpha value is -2.54. The Labute approximate surface area is 289 Å². The molecule has 2 rings (SSSR count). The number of hydrogen-bond donors (Lipinski definition) is 2. The number of phenols is 2. The SMILES string of the molecule is C.CCCCC(CC)CBr.CCCCC(CC)COc1ccc(C=O)c(OCC(CC)CCCC)c1.O=Cc1ccc(O)cc1O. The van der Waals surface area contributed by atoms with Gasteiger partial charge in [0.1, 0.15) is 23.0 Å². The molecule has 7 heteroatoms. The molecule has 2 N–H and O–H groups in total. The van der Waals surface area contributed by atoms with E-state index >= 15 is 0 Å². The van der Waals surface area contributed by atoms with Crippen molar-refractivity contribution < 1.29 is 29.3 Å². The van der Waals surface area contributed by atoms with Crippen LogP contribution in [0.2, 0.25) is 0 Å². The highest BCUT2D eigenvalue weighted by atomic mass is 79.9. The van der Waals surface area contributed by atoms with Crippen LogP contribution in [0.25, 0.3) is 0 Å². The third kappa shape index (κ3) is 20.6. The highest BCUT2D eigenvalue weighted by Gasteiger charge is 2.12. The number of hydrogen-bond acceptors (Lipinski definition) is 6. The smallest absolute Gasteiger partial charge is 0.153 e. The first kappa shape index (κ1) is 45.6. The molecule has 0 bridgehead atoms. The van der Waals surface area contributed by atoms with Crippen molar-refractivity contribution in [3.63, 3.8) is 0 Å². The van der Waals surface area contributed by atoms with Crippen molar-refractivity contribution in [1.82, 2.24) is 0 Å². The number of rotatable bonds is 21. The lowest BCUT2D eigenvalue weighted by Gasteiger charge is -2.18. The van der Waals surface area contributed by atoms with Crippen LogP contribution in [-0.4, -0.2) is 41.3 Å². The molecule has 0 aliphatic heterocycles. The minimum Gasteiger partial charge on any atom is -0.508 e. The fraction of sp³-hybridized carbons (Fsp3) is 0.641. The second kappa shape index (κ2) is 29.8. The lowest BCUT2D eigenvalue weighted by Crippen LogP contribution is -2.13. The standard InChI is InChI=1S/C23H38O3.C8H17Br.C7H6O3.CH4/c1-5-9-11-19(7-3)17-25-22-14-13-21(16-24)23(15-22)26-18-20(8-4)12-10-6-2;1-3-5-6-8(4-2)7-9;8-4-5-1-2-6(9)3-7(5)10;/h13-16,19-20H,5-12,17-18H2,1-4H3;8H,3-7H2,1-2H3;1-4,9-10H;1H4. The number of alkyl halides is 1. The summed E-state index contributed by atoms with van der Waals surface area (Å²) < 4.78 is 12.0. The topological polar surface area (TPSA) is 93.1 Å². The van der Waals surface area contributed by atoms with Crippen molar-refractivity contribution in [2.45, 2.75) is 126 Å². The van der Waals surface area contributed by atoms with E-state index in [1.165, 1.54) is 81.7 Å². The summed E-state index contributed by atoms with van der Waals surface area (Å²) in [5.41, 5.74) is 0.776. The molecular formula is C39H65BrO6. The van der Waals surface area contributed by atoms with Gasteiger partial charge in [0.25, 0.3) is 0 Å². The molecule has 0 fully saturated rings. The van der Waals surface area contributed by atoms with Gasteiger partial charge in [-0.25, -0.2) is 0 Å². The van der Waals surface area contributed by atoms with Gasteiger partial charge in [-0.1, -0.05) is 123 Å². The number of unbranched alkanes of at least 4 members (excludes halogenated alkanes) is 3. The van der Waals surface area contributed by atoms with Crippen molar-refractivity contribution in [3.05, 3.63) is 47.5 Å². The molecule has 6 nitrogen and oxygen atoms in total. The summed E-state index contributed by atoms with van der Waals surface area (Å²) in [5.74, 6) is 3.24. The predicted octanol–water partition coefficient (Wildman–Crippen LogP) is 11.8. The molecule has 0 amide bonds. The second-order valence-electron chi connectivity index (χ2n) is 11.7. The molecule has 0 radical (unpaired) electrons. The Morgan fingerprint density at radius 2 is 1.15 bits per heavy atom. The normalized spacial score (nSPS) is 12.2. The zero-order valence-electron chi connectivity index (χ0n) is 28.9. The molecule has 0 saturated carbocycles. The second-order valence-corrected chi connectivity index (χ2v) is 12.4. The van der Waals surface area contributed by atoms with Gasteiger partial charge in [-0.2, -0.15) is 0 Å². The van der Waals surface area contributed by atoms with Crippen molar-refractivity contribution in [2.24, 2.45) is 17.8 Å². The summed E-state index contributed by atoms with van der Waals surface area (Å²) in [4.78, 5) is 21.4. The van der Waals surface area contributed by atoms with Gasteiger partial charge in [0.15, 0.2) is 12.6 Å². The molecule has 264 valence electrons. The summed E-state index contributed by atoms with van der Waals surface area (Å²) in [7, 11) is 0. The van der Waals surface area contributed by atoms with Crippen LogP contribution in [-0.2, 0) is 0 Å². The van der Waals surface area contributed by atoms with Crippen LogP contribution in [0.4, 0.5) is 0 Å². The summed E-state index contributed by atoms with van der Waals surface area (Å²) in [6.07, 6.45) is 16.3. The molecular weight excluding hydrogens is 644 g/mol. The summed E-state index contributed by atoms with van der Waals surface area (Å²) >= 11 is 3.51. The molecule has 0 saturated heterocycles. The summed E-state index contributed by atoms with van der Waals surface area (Å²) in [6.45, 7) is 14.8. The fourth-order valence-electron chi connectivity index (χ4n) is 4.56. The molecule has 3 unspecified atom stereocenters. The fourth-order valence-corrected chi connectivity index (χ4v) is 5.34. The predicted molar refractivity (Wildman–Crippen MR) is 198 cm³/mol. The van der Waals surface area contributed by atoms with Crippen LogP contribution < -0.4 is 9.47 Å². The maximum absolute atomic E-state index is 11.3. The van der Waals surface area contributed by atoms with Crippen LogP contribution in [0, 0.1) is 17.8 Å². The number of aldehydes is 2. The highest BCUT2D eigenvalue weighted by molar-refractivity contribution is 9.09. The number of aromatic hydroxyl groups is 2. The van der Waals surface area contributed by atoms with Crippen LogP contribution in [0.3, 0.4) is 0 Å². The molecule has 0 heterocycles. The van der Waals surface area contributed by atoms with Gasteiger partial charge in [-0.15, -0.1) is 0 Å². The van der Waals surface area contributed by atoms with E-state index in [0.717, 1.165) is 43.5 Å². The lowest BCUT2D eigenvalue weighted by atomic mass is 10.0. The van der Waals surface area contributed by atoms with E-state index in [2.05, 4.69) is 57.5 Å². The molecule has 2 aromatic rings. The average Bonchev–Trinajstić information content (AvgIpc) is 3.06. The van der Waals surface area contributed by atoms with E-state index < -0.39 is 0 Å². The van der Waals surface area contributed by atoms with Crippen molar-refractivity contribution in [3.8, 4) is 23.0 Å². The molecule has 46 heavy (non-hydrogen) atoms. The van der Waals surface area contributed by atoms with Gasteiger partial charge < -0.3 is 19.7 Å². The van der Waals surface area contributed by atoms with E-state index in [9.17, 15) is 9.59 Å². The number of carbonyl (C=O) groups excluding carboxylic acids is 2. The Morgan fingerprint density at radius 1 is 0.674 bits per heavy atom. The van der Waals surface area contributed by atoms with Gasteiger partial charge >= 0.3 is 0 Å². The van der Waals surface area contributed by atoms with E-state index in [4.69, 9.17) is 19.7 Å². The van der Waals surface area contributed by atoms with Crippen LogP contribution in [0.5, 0.6) is 23.0 Å². The minimum atomic E-state index is -0.199. The first-order valence-electron chi connectivity index (χ1n) is 17.1. The van der Waals surface area contributed by atoms with Crippen molar-refractivity contribution in [1.29, 1.82) is 0 Å². The maximum Gasteiger partial charge on any atom is 0.153 e. The van der Waals surface area contributed by atoms with E-state index in [-0.39, 0.29) is 24.5 Å². The summed E-state index contributed by atoms with van der Waals surface area (Å²) in [6, 6.07) is 9.35. The number of carbonyl (C=O) groups is 2. The number of benzene rings is 2. The van der Waals surface area contributed by atoms with E-state index in [0.29, 0.717) is 36.0 Å². The summed E-state index contributed by atoms with van der Waals surface area (Å²) in [5, 5.41) is 18.8. The number of halogens is 1. The largest absolute Gasteiger partial charge is 0.508 e. The lowest BCUT2D eigenvalue weighted by molar-refractivity contribution is 0.111. The molecule has 3 atom stereocenters. The Kier molecular flexibility index (Phi) is 29.6. The molecule has 0 aliphatic carbocycles. The Morgan fingerprint density at radius 3 is 1.59 bits per heavy atom. The quantitative estimate of drug-likeness (QED) is 0.0990. The molecule has 0 spiro atoms. The first-order chi connectivity index (χ1) is 21.8. The van der Waals surface area contributed by atoms with Gasteiger partial charge in [0.2, 0.25) is 0 Å². The van der Waals surface area contributed by atoms with Gasteiger partial charge in [0.05, 0.1) is 24.3 Å². The Bertz CT molecular complexity index is 1020. The maximum atomic E-state index is 11.3. The third-order valence-corrected chi connectivity index (χ3v) is 8.98. The zero-order valence-corrected chi connectivity index (χ0v) is 30.4. The van der Waals surface area contributed by atoms with Crippen molar-refractivity contribution >= 4 is 28.5 Å². The molecule has 0 aromatic heterocycles. The zero-order chi connectivity index (χ0) is 33.9.